The molecule has 6 heteroatoms. The van der Waals surface area contributed by atoms with Crippen LogP contribution in [-0.4, -0.2) is 15.1 Å². The van der Waals surface area contributed by atoms with Crippen LogP contribution in [0.5, 0.6) is 0 Å². The van der Waals surface area contributed by atoms with Crippen LogP contribution in [-0.2, 0) is 19.3 Å². The molecule has 0 spiro atoms. The Bertz CT molecular complexity index is 735. The molecule has 5 nitrogen and oxygen atoms in total. The van der Waals surface area contributed by atoms with Crippen LogP contribution in [0.4, 0.5) is 5.69 Å². The second-order valence-electron chi connectivity index (χ2n) is 4.84. The van der Waals surface area contributed by atoms with Crippen LogP contribution < -0.4 is 5.73 Å². The number of aromatic nitrogens is 3. The molecule has 0 saturated carbocycles. The highest BCUT2D eigenvalue weighted by Crippen LogP contribution is 2.15. The normalized spacial score (nSPS) is 10.9. The van der Waals surface area contributed by atoms with E-state index in [-0.39, 0.29) is 0 Å². The van der Waals surface area contributed by atoms with Gasteiger partial charge in [-0.15, -0.1) is 11.3 Å². The van der Waals surface area contributed by atoms with E-state index >= 15 is 0 Å². The van der Waals surface area contributed by atoms with E-state index in [0.29, 0.717) is 24.6 Å². The van der Waals surface area contributed by atoms with E-state index in [0.717, 1.165) is 28.4 Å². The third-order valence-corrected chi connectivity index (χ3v) is 4.00. The summed E-state index contributed by atoms with van der Waals surface area (Å²) < 4.78 is 5.28. The van der Waals surface area contributed by atoms with Gasteiger partial charge in [0.15, 0.2) is 5.82 Å². The summed E-state index contributed by atoms with van der Waals surface area (Å²) in [6, 6.07) is 7.83. The van der Waals surface area contributed by atoms with E-state index in [1.165, 1.54) is 0 Å². The molecular weight excluding hydrogens is 284 g/mol. The minimum atomic E-state index is 0.612. The third-order valence-electron chi connectivity index (χ3n) is 3.18. The van der Waals surface area contributed by atoms with Gasteiger partial charge in [-0.25, -0.2) is 4.98 Å². The number of aryl methyl sites for hydroxylation is 3. The molecule has 108 valence electrons. The molecule has 0 aliphatic heterocycles. The van der Waals surface area contributed by atoms with Gasteiger partial charge >= 0.3 is 0 Å². The Kier molecular flexibility index (Phi) is 3.96. The topological polar surface area (TPSA) is 77.8 Å². The van der Waals surface area contributed by atoms with E-state index in [9.17, 15) is 0 Å². The van der Waals surface area contributed by atoms with Crippen molar-refractivity contribution in [2.45, 2.75) is 26.2 Å². The molecule has 2 N–H and O–H groups in total. The average Bonchev–Trinajstić information content (AvgIpc) is 3.08. The molecule has 0 unspecified atom stereocenters. The summed E-state index contributed by atoms with van der Waals surface area (Å²) in [5.74, 6) is 1.32. The summed E-state index contributed by atoms with van der Waals surface area (Å²) >= 11 is 1.63. The molecule has 0 radical (unpaired) electrons. The van der Waals surface area contributed by atoms with Crippen LogP contribution in [0.1, 0.15) is 28.0 Å². The van der Waals surface area contributed by atoms with Gasteiger partial charge in [-0.2, -0.15) is 4.98 Å². The number of thiazole rings is 1. The minimum absolute atomic E-state index is 0.612. The molecule has 0 saturated heterocycles. The van der Waals surface area contributed by atoms with Crippen LogP contribution in [0.2, 0.25) is 0 Å². The Balaban J connectivity index is 1.61. The molecule has 1 aromatic carbocycles. The molecule has 0 bridgehead atoms. The Morgan fingerprint density at radius 1 is 1.19 bits per heavy atom. The molecule has 2 aromatic heterocycles. The van der Waals surface area contributed by atoms with Crippen molar-refractivity contribution < 1.29 is 4.52 Å². The lowest BCUT2D eigenvalue weighted by Crippen LogP contribution is -1.97. The number of nitrogens with zero attached hydrogens (tertiary/aromatic N) is 3. The van der Waals surface area contributed by atoms with Crippen LogP contribution >= 0.6 is 11.3 Å². The van der Waals surface area contributed by atoms with Crippen LogP contribution in [0.25, 0.3) is 0 Å². The fourth-order valence-electron chi connectivity index (χ4n) is 2.12. The zero-order valence-electron chi connectivity index (χ0n) is 11.7. The van der Waals surface area contributed by atoms with Gasteiger partial charge in [0.2, 0.25) is 5.89 Å². The Morgan fingerprint density at radius 2 is 2.05 bits per heavy atom. The molecular formula is C15H16N4OS. The number of nitrogen functional groups attached to an aromatic ring is 1. The zero-order valence-corrected chi connectivity index (χ0v) is 12.6. The van der Waals surface area contributed by atoms with Crippen LogP contribution in [0.3, 0.4) is 0 Å². The zero-order chi connectivity index (χ0) is 14.7. The number of rotatable bonds is 5. The first-order valence-corrected chi connectivity index (χ1v) is 7.64. The second kappa shape index (κ2) is 6.05. The van der Waals surface area contributed by atoms with Crippen molar-refractivity contribution in [2.24, 2.45) is 0 Å². The summed E-state index contributed by atoms with van der Waals surface area (Å²) in [6.07, 6.45) is 2.10. The maximum absolute atomic E-state index is 5.92. The van der Waals surface area contributed by atoms with Crippen molar-refractivity contribution in [3.8, 4) is 0 Å². The summed E-state index contributed by atoms with van der Waals surface area (Å²) in [5.41, 5.74) is 8.81. The predicted octanol–water partition coefficient (Wildman–Crippen LogP) is 2.79. The van der Waals surface area contributed by atoms with Crippen molar-refractivity contribution in [1.82, 2.24) is 15.1 Å². The summed E-state index contributed by atoms with van der Waals surface area (Å²) in [7, 11) is 0. The van der Waals surface area contributed by atoms with Gasteiger partial charge in [-0.1, -0.05) is 23.4 Å². The third kappa shape index (κ3) is 3.46. The lowest BCUT2D eigenvalue weighted by molar-refractivity contribution is 0.373. The van der Waals surface area contributed by atoms with Crippen molar-refractivity contribution in [1.29, 1.82) is 0 Å². The SMILES string of the molecule is Cc1nc(Cc2noc(CCc3ccccc3N)n2)cs1. The average molecular weight is 300 g/mol. The molecule has 2 heterocycles. The summed E-state index contributed by atoms with van der Waals surface area (Å²) in [4.78, 5) is 8.81. The molecule has 0 amide bonds. The Morgan fingerprint density at radius 3 is 2.81 bits per heavy atom. The lowest BCUT2D eigenvalue weighted by atomic mass is 10.1. The van der Waals surface area contributed by atoms with Gasteiger partial charge in [0.05, 0.1) is 17.1 Å². The molecule has 3 aromatic rings. The van der Waals surface area contributed by atoms with E-state index < -0.39 is 0 Å². The highest BCUT2D eigenvalue weighted by molar-refractivity contribution is 7.09. The summed E-state index contributed by atoms with van der Waals surface area (Å²) in [5, 5.41) is 7.08. The monoisotopic (exact) mass is 300 g/mol. The van der Waals surface area contributed by atoms with Gasteiger partial charge < -0.3 is 10.3 Å². The number of hydrogen-bond donors (Lipinski definition) is 1. The second-order valence-corrected chi connectivity index (χ2v) is 5.90. The first-order chi connectivity index (χ1) is 10.2. The Hall–Kier alpha value is -2.21. The smallest absolute Gasteiger partial charge is 0.226 e. The number of para-hydroxylation sites is 1. The standard InChI is InChI=1S/C15H16N4OS/c1-10-17-12(9-21-10)8-14-18-15(20-19-14)7-6-11-4-2-3-5-13(11)16/h2-5,9H,6-8,16H2,1H3. The highest BCUT2D eigenvalue weighted by Gasteiger charge is 2.09. The van der Waals surface area contributed by atoms with Gasteiger partial charge in [0.1, 0.15) is 0 Å². The molecule has 0 aliphatic rings. The molecule has 0 atom stereocenters. The predicted molar refractivity (Wildman–Crippen MR) is 82.2 cm³/mol. The first-order valence-electron chi connectivity index (χ1n) is 6.76. The number of hydrogen-bond acceptors (Lipinski definition) is 6. The maximum atomic E-state index is 5.92. The van der Waals surface area contributed by atoms with Crippen molar-refractivity contribution in [2.75, 3.05) is 5.73 Å². The molecule has 0 fully saturated rings. The first kappa shape index (κ1) is 13.8. The van der Waals surface area contributed by atoms with E-state index in [4.69, 9.17) is 10.3 Å². The molecule has 21 heavy (non-hydrogen) atoms. The van der Waals surface area contributed by atoms with Gasteiger partial charge in [0, 0.05) is 17.5 Å². The molecule has 0 aliphatic carbocycles. The van der Waals surface area contributed by atoms with Crippen molar-refractivity contribution >= 4 is 17.0 Å². The quantitative estimate of drug-likeness (QED) is 0.733. The largest absolute Gasteiger partial charge is 0.399 e. The van der Waals surface area contributed by atoms with Gasteiger partial charge in [-0.05, 0) is 25.0 Å². The van der Waals surface area contributed by atoms with Crippen LogP contribution in [0.15, 0.2) is 34.2 Å². The van der Waals surface area contributed by atoms with Gasteiger partial charge in [-0.3, -0.25) is 0 Å². The number of benzene rings is 1. The van der Waals surface area contributed by atoms with Crippen molar-refractivity contribution in [3.63, 3.8) is 0 Å². The molecule has 3 rings (SSSR count). The van der Waals surface area contributed by atoms with E-state index in [1.54, 1.807) is 11.3 Å². The van der Waals surface area contributed by atoms with E-state index in [1.807, 2.05) is 36.6 Å². The van der Waals surface area contributed by atoms with Gasteiger partial charge in [0.25, 0.3) is 0 Å². The Labute approximate surface area is 126 Å². The number of anilines is 1. The fraction of sp³-hybridized carbons (Fsp3) is 0.267. The fourth-order valence-corrected chi connectivity index (χ4v) is 2.73. The minimum Gasteiger partial charge on any atom is -0.399 e. The summed E-state index contributed by atoms with van der Waals surface area (Å²) in [6.45, 7) is 1.99. The number of nitrogens with two attached hydrogens (primary N) is 1. The van der Waals surface area contributed by atoms with Crippen LogP contribution in [0, 0.1) is 6.92 Å². The van der Waals surface area contributed by atoms with E-state index in [2.05, 4.69) is 15.1 Å². The maximum Gasteiger partial charge on any atom is 0.226 e. The van der Waals surface area contributed by atoms with Crippen molar-refractivity contribution in [3.05, 3.63) is 57.6 Å². The highest BCUT2D eigenvalue weighted by atomic mass is 32.1. The lowest BCUT2D eigenvalue weighted by Gasteiger charge is -2.02.